The highest BCUT2D eigenvalue weighted by molar-refractivity contribution is 7.80. The van der Waals surface area contributed by atoms with E-state index in [0.717, 1.165) is 56.9 Å². The van der Waals surface area contributed by atoms with Gasteiger partial charge in [-0.25, -0.2) is 9.59 Å². The Morgan fingerprint density at radius 3 is 1.51 bits per heavy atom. The molecule has 0 heterocycles. The van der Waals surface area contributed by atoms with Crippen LogP contribution in [0.1, 0.15) is 205 Å². The number of aliphatic hydroxyl groups is 1. The zero-order valence-electron chi connectivity index (χ0n) is 55.8. The molecule has 1 aromatic carbocycles. The van der Waals surface area contributed by atoms with Gasteiger partial charge in [0.05, 0.1) is 51.5 Å². The van der Waals surface area contributed by atoms with Crippen LogP contribution in [0, 0.1) is 11.8 Å². The van der Waals surface area contributed by atoms with Crippen LogP contribution in [0.4, 0.5) is 0 Å². The van der Waals surface area contributed by atoms with Gasteiger partial charge < -0.3 is 71.1 Å². The molecule has 540 valence electrons. The van der Waals surface area contributed by atoms with Crippen molar-refractivity contribution in [3.8, 4) is 0 Å². The van der Waals surface area contributed by atoms with Crippen molar-refractivity contribution in [3.05, 3.63) is 35.9 Å². The van der Waals surface area contributed by atoms with Crippen LogP contribution < -0.4 is 26.6 Å². The number of hydrogen-bond acceptors (Lipinski definition) is 19. The molecular weight excluding hydrogens is 1250 g/mol. The third-order valence-electron chi connectivity index (χ3n) is 15.8. The highest BCUT2D eigenvalue weighted by atomic mass is 32.1. The van der Waals surface area contributed by atoms with E-state index in [1.807, 2.05) is 30.3 Å². The van der Waals surface area contributed by atoms with Crippen LogP contribution in [0.3, 0.4) is 0 Å². The number of aliphatic carboxylic acids is 4. The lowest BCUT2D eigenvalue weighted by Crippen LogP contribution is -2.43. The Balaban J connectivity index is 2.11. The van der Waals surface area contributed by atoms with Crippen molar-refractivity contribution in [2.45, 2.75) is 224 Å². The summed E-state index contributed by atoms with van der Waals surface area (Å²) in [5.74, 6) is -8.73. The lowest BCUT2D eigenvalue weighted by molar-refractivity contribution is -0.145. The molecule has 0 saturated heterocycles. The summed E-state index contributed by atoms with van der Waals surface area (Å²) in [6.07, 6.45) is 18.3. The van der Waals surface area contributed by atoms with Crippen LogP contribution in [0.25, 0.3) is 0 Å². The van der Waals surface area contributed by atoms with E-state index in [1.54, 1.807) is 0 Å². The Bertz CT molecular complexity index is 2370. The van der Waals surface area contributed by atoms with Gasteiger partial charge in [0.1, 0.15) is 43.5 Å². The zero-order valence-corrected chi connectivity index (χ0v) is 56.7. The number of carboxylic acids is 4. The van der Waals surface area contributed by atoms with E-state index >= 15 is 0 Å². The second-order valence-corrected chi connectivity index (χ2v) is 24.4. The molecule has 0 aliphatic rings. The number of rotatable bonds is 67. The minimum atomic E-state index is -1.45. The molecule has 0 aromatic heterocycles. The fourth-order valence-corrected chi connectivity index (χ4v) is 10.6. The molecule has 0 spiro atoms. The summed E-state index contributed by atoms with van der Waals surface area (Å²) < 4.78 is 21.6. The Morgan fingerprint density at radius 1 is 0.411 bits per heavy atom. The first-order valence-corrected chi connectivity index (χ1v) is 34.8. The van der Waals surface area contributed by atoms with E-state index in [9.17, 15) is 78.0 Å². The molecule has 0 fully saturated rings. The number of nitrogens with one attached hydrogen (secondary N) is 5. The maximum atomic E-state index is 13.1. The van der Waals surface area contributed by atoms with Crippen molar-refractivity contribution >= 4 is 83.3 Å². The summed E-state index contributed by atoms with van der Waals surface area (Å²) >= 11 is 4.30. The van der Waals surface area contributed by atoms with Gasteiger partial charge in [0.25, 0.3) is 0 Å². The average molecular weight is 1370 g/mol. The van der Waals surface area contributed by atoms with Gasteiger partial charge in [-0.05, 0) is 88.4 Å². The monoisotopic (exact) mass is 1370 g/mol. The van der Waals surface area contributed by atoms with Gasteiger partial charge in [-0.15, -0.1) is 0 Å². The molecule has 10 N–H and O–H groups in total. The standard InChI is InChI=1S/C68H111N5O21S/c74-48-60(78)56(71-47-59(77)52(35-44-95)45-51-23-15-13-16-24-51)26-20-21-36-69-61(79)33-29-53(66(85)86)46-54(75)30-31-57(67(87)88)73-64(82)50-94-43-40-91-38-22-14-17-25-55(76)49-93-42-41-92-39-37-70-62(80)34-32-58(68(89)90)72-63(81)27-18-11-9-7-5-3-1-2-4-6-8-10-12-19-28-65(83)84/h13,15-16,23-24,52-53,56-58,71,74,95H,1-12,14,17-22,25-50H2,(H,69,79)(H,70,80)(H,72,81)(H,73,82)(H,83,84)(H,85,86)(H,87,88)(H,89,90)/t52-,53-,56+,57+,58+/m1/s1. The van der Waals surface area contributed by atoms with Crippen molar-refractivity contribution in [2.24, 2.45) is 11.8 Å². The van der Waals surface area contributed by atoms with Gasteiger partial charge in [0.2, 0.25) is 23.6 Å². The molecule has 1 aromatic rings. The third-order valence-corrected chi connectivity index (χ3v) is 16.1. The number of Topliss-reactive ketones (excluding diaryl/α,β-unsaturated/α-hetero) is 4. The van der Waals surface area contributed by atoms with Crippen LogP contribution >= 0.6 is 12.6 Å². The number of carboxylic acid groups (broad SMARTS) is 4. The Morgan fingerprint density at radius 2 is 0.926 bits per heavy atom. The molecule has 0 unspecified atom stereocenters. The van der Waals surface area contributed by atoms with Crippen molar-refractivity contribution in [1.82, 2.24) is 26.6 Å². The van der Waals surface area contributed by atoms with Crippen molar-refractivity contribution in [1.29, 1.82) is 0 Å². The molecule has 95 heavy (non-hydrogen) atoms. The van der Waals surface area contributed by atoms with E-state index in [2.05, 4.69) is 39.2 Å². The molecule has 1 rings (SSSR count). The van der Waals surface area contributed by atoms with E-state index in [1.165, 1.54) is 32.1 Å². The first-order valence-electron chi connectivity index (χ1n) is 34.2. The normalized spacial score (nSPS) is 12.8. The lowest BCUT2D eigenvalue weighted by Gasteiger charge is -2.20. The fourth-order valence-electron chi connectivity index (χ4n) is 10.3. The third kappa shape index (κ3) is 49.9. The highest BCUT2D eigenvalue weighted by Gasteiger charge is 2.27. The summed E-state index contributed by atoms with van der Waals surface area (Å²) in [4.78, 5) is 146. The maximum absolute atomic E-state index is 13.1. The number of hydrogen-bond donors (Lipinski definition) is 11. The number of aliphatic hydroxyl groups excluding tert-OH is 1. The maximum Gasteiger partial charge on any atom is 0.326 e. The number of thiol groups is 1. The summed E-state index contributed by atoms with van der Waals surface area (Å²) in [5, 5.41) is 60.4. The SMILES string of the molecule is O=C(O)CCCCCCCCCCCCCCCCC(=O)N[C@@H](CCC(=O)NCCOCCOCC(=O)CCCCCOCCOCC(=O)N[C@@H](CCC(=O)C[C@@H](CCC(=O)NCCCC[C@H](NCC(=O)[C@H](CCS)Cc1ccccc1)C(=O)CO)C(=O)O)C(=O)O)C(=O)O. The largest absolute Gasteiger partial charge is 0.481 e. The number of carbonyl (C=O) groups excluding carboxylic acids is 8. The molecule has 0 bridgehead atoms. The number of ketones is 4. The van der Waals surface area contributed by atoms with Crippen molar-refractivity contribution in [2.75, 3.05) is 84.8 Å². The predicted octanol–water partition coefficient (Wildman–Crippen LogP) is 6.32. The molecular formula is C68H111N5O21S. The Hall–Kier alpha value is -6.23. The summed E-state index contributed by atoms with van der Waals surface area (Å²) in [6.45, 7) is 0.145. The van der Waals surface area contributed by atoms with E-state index in [-0.39, 0.29) is 140 Å². The van der Waals surface area contributed by atoms with Crippen molar-refractivity contribution in [3.63, 3.8) is 0 Å². The smallest absolute Gasteiger partial charge is 0.326 e. The molecule has 0 saturated carbocycles. The van der Waals surface area contributed by atoms with Crippen LogP contribution in [-0.4, -0.2) is 199 Å². The molecule has 4 amide bonds. The molecule has 0 aliphatic carbocycles. The fraction of sp³-hybridized carbons (Fsp3) is 0.735. The highest BCUT2D eigenvalue weighted by Crippen LogP contribution is 2.18. The number of ether oxygens (including phenoxy) is 4. The first kappa shape index (κ1) is 86.8. The van der Waals surface area contributed by atoms with E-state index in [4.69, 9.17) is 24.1 Å². The first-order chi connectivity index (χ1) is 45.7. The van der Waals surface area contributed by atoms with E-state index < -0.39 is 90.9 Å². The van der Waals surface area contributed by atoms with Crippen LogP contribution in [0.5, 0.6) is 0 Å². The molecule has 27 heteroatoms. The summed E-state index contributed by atoms with van der Waals surface area (Å²) in [6, 6.07) is 6.18. The summed E-state index contributed by atoms with van der Waals surface area (Å²) in [7, 11) is 0. The zero-order chi connectivity index (χ0) is 70.1. The minimum absolute atomic E-state index is 0.0292. The molecule has 26 nitrogen and oxygen atoms in total. The minimum Gasteiger partial charge on any atom is -0.481 e. The van der Waals surface area contributed by atoms with Crippen molar-refractivity contribution < 1.29 is 102 Å². The van der Waals surface area contributed by atoms with Gasteiger partial charge in [-0.1, -0.05) is 114 Å². The second-order valence-electron chi connectivity index (χ2n) is 24.0. The van der Waals surface area contributed by atoms with Crippen LogP contribution in [0.2, 0.25) is 0 Å². The van der Waals surface area contributed by atoms with Gasteiger partial charge in [0.15, 0.2) is 11.6 Å². The van der Waals surface area contributed by atoms with Gasteiger partial charge in [-0.3, -0.25) is 47.9 Å². The molecule has 0 radical (unpaired) electrons. The number of unbranched alkanes of at least 4 members (excludes halogenated alkanes) is 16. The van der Waals surface area contributed by atoms with E-state index in [0.29, 0.717) is 76.6 Å². The van der Waals surface area contributed by atoms with Gasteiger partial charge in [-0.2, -0.15) is 12.6 Å². The molecule has 5 atom stereocenters. The lowest BCUT2D eigenvalue weighted by atomic mass is 9.92. The Labute approximate surface area is 565 Å². The second kappa shape index (κ2) is 58.0. The Kier molecular flexibility index (Phi) is 53.0. The van der Waals surface area contributed by atoms with Crippen LogP contribution in [0.15, 0.2) is 30.3 Å². The average Bonchev–Trinajstić information content (AvgIpc) is 2.55. The van der Waals surface area contributed by atoms with Gasteiger partial charge in [0, 0.05) is 70.6 Å². The van der Waals surface area contributed by atoms with Crippen LogP contribution in [-0.2, 0) is 82.9 Å². The number of benzene rings is 1. The number of carbonyl (C=O) groups is 12. The predicted molar refractivity (Wildman–Crippen MR) is 357 cm³/mol. The molecule has 0 aliphatic heterocycles. The topological polar surface area (TPSA) is 403 Å². The summed E-state index contributed by atoms with van der Waals surface area (Å²) in [5.41, 5.74) is 1.01. The van der Waals surface area contributed by atoms with Gasteiger partial charge >= 0.3 is 23.9 Å². The number of amides is 4. The quantitative estimate of drug-likeness (QED) is 0.0251.